The third-order valence-electron chi connectivity index (χ3n) is 3.65. The maximum atomic E-state index is 12.2. The maximum absolute atomic E-state index is 12.2. The minimum Gasteiger partial charge on any atom is -0.743 e. The molecule has 30 heavy (non-hydrogen) atoms. The topological polar surface area (TPSA) is 89.2 Å². The summed E-state index contributed by atoms with van der Waals surface area (Å²) in [5.74, 6) is 0.716. The number of nitrogens with two attached hydrogens (primary N) is 1. The fraction of sp³-hybridized carbons (Fsp3) is 0.550. The number of amidine groups is 1. The summed E-state index contributed by atoms with van der Waals surface area (Å²) in [4.78, 5) is 17.7. The molecule has 1 saturated heterocycles. The fourth-order valence-corrected chi connectivity index (χ4v) is 2.95. The Morgan fingerprint density at radius 3 is 2.43 bits per heavy atom. The molecule has 0 spiro atoms. The summed E-state index contributed by atoms with van der Waals surface area (Å²) in [6, 6.07) is 7.31. The first-order chi connectivity index (χ1) is 13.6. The van der Waals surface area contributed by atoms with Crippen molar-refractivity contribution < 1.29 is 65.7 Å². The first-order valence-electron chi connectivity index (χ1n) is 9.69. The molecule has 1 amide bonds. The van der Waals surface area contributed by atoms with E-state index < -0.39 is 5.60 Å². The van der Waals surface area contributed by atoms with Gasteiger partial charge in [-0.25, -0.2) is 9.79 Å². The first-order valence-corrected chi connectivity index (χ1v) is 10.5. The monoisotopic (exact) mass is 478 g/mol. The maximum Gasteiger partial charge on any atom is 1.00 e. The number of amides is 1. The molecular formula is C20H31KN4O3S2. The van der Waals surface area contributed by atoms with Crippen LogP contribution in [0.3, 0.4) is 0 Å². The molecule has 1 heterocycles. The molecule has 1 unspecified atom stereocenters. The molecule has 0 aromatic heterocycles. The summed E-state index contributed by atoms with van der Waals surface area (Å²) in [6.45, 7) is 10.8. The number of aliphatic imine (C=N–C) groups is 1. The minimum atomic E-state index is -0.506. The second-order valence-corrected chi connectivity index (χ2v) is 8.02. The quantitative estimate of drug-likeness (QED) is 0.221. The van der Waals surface area contributed by atoms with Crippen LogP contribution in [0.25, 0.3) is 0 Å². The summed E-state index contributed by atoms with van der Waals surface area (Å²) in [5.41, 5.74) is 5.57. The number of carbonyl (C=O) groups excluding carboxylic acids is 1. The second kappa shape index (κ2) is 14.5. The number of carbonyl (C=O) groups is 1. The zero-order valence-electron chi connectivity index (χ0n) is 18.7. The molecule has 1 aliphatic heterocycles. The smallest absolute Gasteiger partial charge is 0.743 e. The van der Waals surface area contributed by atoms with E-state index in [1.807, 2.05) is 58.9 Å². The number of benzene rings is 1. The van der Waals surface area contributed by atoms with E-state index in [0.29, 0.717) is 18.8 Å². The zero-order chi connectivity index (χ0) is 22.0. The number of rotatable bonds is 3. The van der Waals surface area contributed by atoms with Crippen molar-refractivity contribution >= 4 is 46.9 Å². The van der Waals surface area contributed by atoms with Crippen molar-refractivity contribution in [3.8, 4) is 5.75 Å². The van der Waals surface area contributed by atoms with Crippen LogP contribution in [-0.4, -0.2) is 46.1 Å². The Kier molecular flexibility index (Phi) is 14.3. The van der Waals surface area contributed by atoms with Crippen LogP contribution in [0.2, 0.25) is 0 Å². The summed E-state index contributed by atoms with van der Waals surface area (Å²) in [7, 11) is 0. The molecular weight excluding hydrogens is 447 g/mol. The van der Waals surface area contributed by atoms with Gasteiger partial charge < -0.3 is 38.1 Å². The minimum absolute atomic E-state index is 0. The van der Waals surface area contributed by atoms with Gasteiger partial charge in [0.15, 0.2) is 5.11 Å². The van der Waals surface area contributed by atoms with E-state index in [-0.39, 0.29) is 73.9 Å². The molecule has 162 valence electrons. The number of anilines is 1. The average Bonchev–Trinajstić information content (AvgIpc) is 2.63. The number of nitrogens with zero attached hydrogens (tertiary/aromatic N) is 2. The predicted molar refractivity (Wildman–Crippen MR) is 124 cm³/mol. The van der Waals surface area contributed by atoms with Crippen LogP contribution in [0.5, 0.6) is 5.75 Å². The van der Waals surface area contributed by atoms with Gasteiger partial charge in [-0.05, 0) is 75.3 Å². The van der Waals surface area contributed by atoms with E-state index in [0.717, 1.165) is 18.5 Å². The molecule has 0 aliphatic carbocycles. The largest absolute Gasteiger partial charge is 1.00 e. The van der Waals surface area contributed by atoms with Gasteiger partial charge in [0.2, 0.25) is 0 Å². The summed E-state index contributed by atoms with van der Waals surface area (Å²) in [6.07, 6.45) is 1.38. The van der Waals surface area contributed by atoms with Gasteiger partial charge in [0.1, 0.15) is 17.5 Å². The zero-order valence-corrected chi connectivity index (χ0v) is 23.5. The fourth-order valence-electron chi connectivity index (χ4n) is 2.59. The van der Waals surface area contributed by atoms with Crippen molar-refractivity contribution in [3.63, 3.8) is 0 Å². The molecule has 1 fully saturated rings. The Balaban J connectivity index is 0.00000272. The van der Waals surface area contributed by atoms with Crippen molar-refractivity contribution in [1.82, 2.24) is 4.90 Å². The second-order valence-electron chi connectivity index (χ2n) is 7.21. The summed E-state index contributed by atoms with van der Waals surface area (Å²) < 4.78 is 11.5. The van der Waals surface area contributed by atoms with E-state index in [1.165, 1.54) is 0 Å². The van der Waals surface area contributed by atoms with Crippen LogP contribution in [0.1, 0.15) is 47.5 Å². The molecule has 0 radical (unpaired) electrons. The molecule has 2 rings (SSSR count). The van der Waals surface area contributed by atoms with E-state index in [4.69, 9.17) is 27.4 Å². The normalized spacial score (nSPS) is 16.4. The van der Waals surface area contributed by atoms with Gasteiger partial charge in [-0.2, -0.15) is 0 Å². The van der Waals surface area contributed by atoms with Crippen LogP contribution < -0.4 is 67.2 Å². The number of hydrogen-bond acceptors (Lipinski definition) is 5. The van der Waals surface area contributed by atoms with Gasteiger partial charge in [0.25, 0.3) is 0 Å². The van der Waals surface area contributed by atoms with Crippen LogP contribution in [0, 0.1) is 0 Å². The van der Waals surface area contributed by atoms with Gasteiger partial charge in [-0.15, -0.1) is 0 Å². The first kappa shape index (κ1) is 29.5. The third-order valence-corrected chi connectivity index (χ3v) is 3.93. The van der Waals surface area contributed by atoms with Gasteiger partial charge >= 0.3 is 57.5 Å². The van der Waals surface area contributed by atoms with E-state index in [2.05, 4.69) is 22.9 Å². The Morgan fingerprint density at radius 2 is 1.90 bits per heavy atom. The van der Waals surface area contributed by atoms with E-state index in [9.17, 15) is 4.79 Å². The Morgan fingerprint density at radius 1 is 1.30 bits per heavy atom. The molecule has 1 aromatic rings. The molecule has 3 N–H and O–H groups in total. The summed E-state index contributed by atoms with van der Waals surface area (Å²) >= 11 is 9.71. The van der Waals surface area contributed by atoms with Crippen molar-refractivity contribution in [2.24, 2.45) is 10.7 Å². The van der Waals surface area contributed by atoms with Crippen LogP contribution in [0.4, 0.5) is 10.5 Å². The van der Waals surface area contributed by atoms with E-state index in [1.54, 1.807) is 4.90 Å². The van der Waals surface area contributed by atoms with Crippen LogP contribution >= 0.6 is 12.2 Å². The molecule has 0 saturated carbocycles. The Labute approximate surface area is 233 Å². The average molecular weight is 479 g/mol. The van der Waals surface area contributed by atoms with Crippen molar-refractivity contribution in [2.75, 3.05) is 18.4 Å². The molecule has 10 heteroatoms. The Hall–Kier alpha value is -0.494. The van der Waals surface area contributed by atoms with Gasteiger partial charge in [-0.1, -0.05) is 13.8 Å². The van der Waals surface area contributed by atoms with Crippen molar-refractivity contribution in [2.45, 2.75) is 59.2 Å². The summed E-state index contributed by atoms with van der Waals surface area (Å²) in [5, 5.41) is 3.11. The number of piperidine rings is 1. The molecule has 1 aliphatic rings. The van der Waals surface area contributed by atoms with Crippen LogP contribution in [0.15, 0.2) is 29.3 Å². The Bertz CT molecular complexity index is 705. The SMILES string of the molecule is CC.CC(C)(C)OC(=O)N1CCCC(Oc2ccc(NC(=S)/N=C(\N)[S-])cc2)C1.[K+]. The number of likely N-dealkylation sites (tertiary alicyclic amines) is 1. The molecule has 0 bridgehead atoms. The third kappa shape index (κ3) is 11.8. The standard InChI is InChI=1S/C18H26N4O3S2.C2H6.K/c1-18(2,3)25-17(23)22-10-4-5-14(11-22)24-13-8-6-12(7-9-13)20-16(27)21-15(19)26;1-2;/h6-9,14H,4-5,10-11H2,1-3H3,(H4,19,20,21,26,27);1-2H3;/q;;+1/p-1. The van der Waals surface area contributed by atoms with E-state index >= 15 is 0 Å². The predicted octanol–water partition coefficient (Wildman–Crippen LogP) is 1.05. The van der Waals surface area contributed by atoms with Gasteiger partial charge in [0.05, 0.1) is 6.54 Å². The number of thiocarbonyl (C=S) groups is 1. The molecule has 1 aromatic carbocycles. The van der Waals surface area contributed by atoms with Crippen molar-refractivity contribution in [1.29, 1.82) is 0 Å². The van der Waals surface area contributed by atoms with Gasteiger partial charge in [-0.3, -0.25) is 0 Å². The number of nitrogens with one attached hydrogen (secondary N) is 1. The number of ether oxygens (including phenoxy) is 2. The van der Waals surface area contributed by atoms with Gasteiger partial charge in [0, 0.05) is 12.2 Å². The molecule has 1 atom stereocenters. The molecule has 7 nitrogen and oxygen atoms in total. The number of hydrogen-bond donors (Lipinski definition) is 2. The van der Waals surface area contributed by atoms with Crippen molar-refractivity contribution in [3.05, 3.63) is 24.3 Å². The van der Waals surface area contributed by atoms with Crippen LogP contribution in [-0.2, 0) is 17.4 Å².